The normalized spacial score (nSPS) is 16.9. The first-order chi connectivity index (χ1) is 11.1. The molecule has 1 saturated heterocycles. The zero-order valence-corrected chi connectivity index (χ0v) is 16.3. The second-order valence-corrected chi connectivity index (χ2v) is 8.36. The minimum Gasteiger partial charge on any atom is -0.496 e. The lowest BCUT2D eigenvalue weighted by molar-refractivity contribution is 0.413. The van der Waals surface area contributed by atoms with E-state index in [-0.39, 0.29) is 10.9 Å². The van der Waals surface area contributed by atoms with Crippen LogP contribution in [0, 0.1) is 0 Å². The molecule has 3 nitrogen and oxygen atoms in total. The maximum Gasteiger partial charge on any atom is 0.163 e. The van der Waals surface area contributed by atoms with Crippen LogP contribution in [-0.4, -0.2) is 46.5 Å². The van der Waals surface area contributed by atoms with Gasteiger partial charge >= 0.3 is 0 Å². The van der Waals surface area contributed by atoms with Gasteiger partial charge in [0, 0.05) is 28.3 Å². The van der Waals surface area contributed by atoms with Crippen molar-refractivity contribution in [2.24, 2.45) is 0 Å². The molecule has 5 heteroatoms. The fourth-order valence-corrected chi connectivity index (χ4v) is 5.78. The molecule has 0 amide bonds. The predicted molar refractivity (Wildman–Crippen MR) is 106 cm³/mol. The Morgan fingerprint density at radius 1 is 1.17 bits per heavy atom. The number of rotatable bonds is 5. The van der Waals surface area contributed by atoms with Crippen LogP contribution in [0.4, 0.5) is 0 Å². The minimum atomic E-state index is -0.860. The summed E-state index contributed by atoms with van der Waals surface area (Å²) in [6.07, 6.45) is 5.48. The van der Waals surface area contributed by atoms with Crippen molar-refractivity contribution in [1.82, 2.24) is 4.31 Å². The van der Waals surface area contributed by atoms with Crippen LogP contribution in [0.25, 0.3) is 12.2 Å². The van der Waals surface area contributed by atoms with Crippen molar-refractivity contribution in [3.05, 3.63) is 36.4 Å². The summed E-state index contributed by atoms with van der Waals surface area (Å²) in [5.41, 5.74) is 2.14. The standard InChI is InChI=1S/C16H22NO2S2.C2H6/c1-5-13-14(6-2)16(8-7-15(13)19-3)21-11-9-17(10-12-21)20(4)18;1-2/h5-8H,1-2,9-12H2,3-4H3;1-2H3/q+1;. The van der Waals surface area contributed by atoms with E-state index in [4.69, 9.17) is 4.74 Å². The van der Waals surface area contributed by atoms with Gasteiger partial charge in [0.15, 0.2) is 4.90 Å². The molecule has 0 saturated carbocycles. The van der Waals surface area contributed by atoms with E-state index < -0.39 is 11.0 Å². The summed E-state index contributed by atoms with van der Waals surface area (Å²) in [7, 11) is 0.983. The monoisotopic (exact) mass is 354 g/mol. The Balaban J connectivity index is 0.00000127. The topological polar surface area (TPSA) is 29.5 Å². The van der Waals surface area contributed by atoms with Gasteiger partial charge in [0.2, 0.25) is 0 Å². The first kappa shape index (κ1) is 20.0. The van der Waals surface area contributed by atoms with Crippen molar-refractivity contribution in [2.75, 3.05) is 38.0 Å². The third kappa shape index (κ3) is 4.72. The predicted octanol–water partition coefficient (Wildman–Crippen LogP) is 3.59. The van der Waals surface area contributed by atoms with Gasteiger partial charge in [0.05, 0.1) is 31.2 Å². The molecule has 1 aromatic rings. The Morgan fingerprint density at radius 3 is 2.17 bits per heavy atom. The van der Waals surface area contributed by atoms with Gasteiger partial charge in [0.25, 0.3) is 0 Å². The highest BCUT2D eigenvalue weighted by Crippen LogP contribution is 2.32. The van der Waals surface area contributed by atoms with Crippen LogP contribution in [0.2, 0.25) is 0 Å². The van der Waals surface area contributed by atoms with Crippen LogP contribution in [0.15, 0.2) is 30.2 Å². The van der Waals surface area contributed by atoms with Crippen LogP contribution < -0.4 is 4.74 Å². The van der Waals surface area contributed by atoms with E-state index in [2.05, 4.69) is 19.2 Å². The summed E-state index contributed by atoms with van der Waals surface area (Å²) in [5.74, 6) is 2.92. The van der Waals surface area contributed by atoms with Crippen molar-refractivity contribution >= 4 is 34.0 Å². The smallest absolute Gasteiger partial charge is 0.163 e. The third-order valence-electron chi connectivity index (χ3n) is 3.68. The Kier molecular flexibility index (Phi) is 8.66. The largest absolute Gasteiger partial charge is 0.496 e. The fourth-order valence-electron chi connectivity index (χ4n) is 2.56. The maximum absolute atomic E-state index is 11.5. The van der Waals surface area contributed by atoms with Crippen molar-refractivity contribution < 1.29 is 8.95 Å². The molecule has 1 fully saturated rings. The highest BCUT2D eigenvalue weighted by molar-refractivity contribution is 7.97. The highest BCUT2D eigenvalue weighted by Gasteiger charge is 2.32. The number of ether oxygens (including phenoxy) is 1. The molecular weight excluding hydrogens is 326 g/mol. The lowest BCUT2D eigenvalue weighted by atomic mass is 10.1. The van der Waals surface area contributed by atoms with E-state index in [0.717, 1.165) is 41.5 Å². The molecule has 1 aliphatic heterocycles. The van der Waals surface area contributed by atoms with E-state index in [1.807, 2.05) is 36.4 Å². The van der Waals surface area contributed by atoms with Crippen LogP contribution in [0.5, 0.6) is 5.75 Å². The summed E-state index contributed by atoms with van der Waals surface area (Å²) >= 11 is 0. The lowest BCUT2D eigenvalue weighted by Gasteiger charge is -2.25. The van der Waals surface area contributed by atoms with Gasteiger partial charge in [-0.15, -0.1) is 0 Å². The second kappa shape index (κ2) is 9.96. The average Bonchev–Trinajstić information content (AvgIpc) is 2.61. The van der Waals surface area contributed by atoms with E-state index in [1.54, 1.807) is 13.4 Å². The van der Waals surface area contributed by atoms with E-state index >= 15 is 0 Å². The molecule has 23 heavy (non-hydrogen) atoms. The lowest BCUT2D eigenvalue weighted by Crippen LogP contribution is -2.41. The zero-order valence-electron chi connectivity index (χ0n) is 14.6. The quantitative estimate of drug-likeness (QED) is 0.756. The Morgan fingerprint density at radius 2 is 1.74 bits per heavy atom. The Labute approximate surface area is 146 Å². The molecule has 0 N–H and O–H groups in total. The molecule has 0 aliphatic carbocycles. The molecule has 2 rings (SSSR count). The third-order valence-corrected chi connectivity index (χ3v) is 7.11. The van der Waals surface area contributed by atoms with E-state index in [9.17, 15) is 4.21 Å². The molecule has 128 valence electrons. The maximum atomic E-state index is 11.5. The van der Waals surface area contributed by atoms with Crippen LogP contribution in [0.3, 0.4) is 0 Å². The van der Waals surface area contributed by atoms with Crippen molar-refractivity contribution in [2.45, 2.75) is 18.7 Å². The van der Waals surface area contributed by atoms with Crippen LogP contribution >= 0.6 is 0 Å². The Hall–Kier alpha value is -1.04. The van der Waals surface area contributed by atoms with Crippen LogP contribution in [-0.2, 0) is 21.9 Å². The highest BCUT2D eigenvalue weighted by atomic mass is 32.2. The van der Waals surface area contributed by atoms with Gasteiger partial charge in [-0.25, -0.2) is 8.51 Å². The molecule has 0 aromatic heterocycles. The van der Waals surface area contributed by atoms with Gasteiger partial charge < -0.3 is 4.74 Å². The second-order valence-electron chi connectivity index (χ2n) is 4.76. The van der Waals surface area contributed by atoms with Crippen molar-refractivity contribution in [3.63, 3.8) is 0 Å². The summed E-state index contributed by atoms with van der Waals surface area (Å²) in [6.45, 7) is 13.6. The van der Waals surface area contributed by atoms with E-state index in [0.29, 0.717) is 0 Å². The zero-order chi connectivity index (χ0) is 17.4. The SMILES string of the molecule is C=Cc1c(OC)ccc([S+]2CCN(S(C)=O)CC2)c1C=C.CC. The number of nitrogens with zero attached hydrogens (tertiary/aromatic N) is 1. The van der Waals surface area contributed by atoms with Gasteiger partial charge in [-0.3, -0.25) is 0 Å². The molecule has 1 aliphatic rings. The first-order valence-electron chi connectivity index (χ1n) is 7.84. The number of hydrogen-bond donors (Lipinski definition) is 0. The molecule has 1 unspecified atom stereocenters. The number of benzene rings is 1. The summed E-state index contributed by atoms with van der Waals surface area (Å²) in [6, 6.07) is 4.15. The molecule has 1 heterocycles. The van der Waals surface area contributed by atoms with Gasteiger partial charge in [-0.1, -0.05) is 39.2 Å². The van der Waals surface area contributed by atoms with Gasteiger partial charge in [0.1, 0.15) is 17.3 Å². The Bertz CT molecular complexity index is 564. The average molecular weight is 355 g/mol. The molecule has 0 radical (unpaired) electrons. The summed E-state index contributed by atoms with van der Waals surface area (Å²) < 4.78 is 19.0. The summed E-state index contributed by atoms with van der Waals surface area (Å²) in [4.78, 5) is 1.32. The van der Waals surface area contributed by atoms with Gasteiger partial charge in [-0.05, 0) is 12.1 Å². The first-order valence-corrected chi connectivity index (χ1v) is 10.9. The van der Waals surface area contributed by atoms with Crippen molar-refractivity contribution in [3.8, 4) is 5.75 Å². The van der Waals surface area contributed by atoms with Gasteiger partial charge in [-0.2, -0.15) is 0 Å². The number of hydrogen-bond acceptors (Lipinski definition) is 2. The fraction of sp³-hybridized carbons (Fsp3) is 0.444. The molecular formula is C18H28NO2S2+. The molecule has 0 spiro atoms. The number of methoxy groups -OCH3 is 1. The molecule has 0 bridgehead atoms. The minimum absolute atomic E-state index is 0.170. The summed E-state index contributed by atoms with van der Waals surface area (Å²) in [5, 5.41) is 0. The van der Waals surface area contributed by atoms with Crippen molar-refractivity contribution in [1.29, 1.82) is 0 Å². The molecule has 1 aromatic carbocycles. The van der Waals surface area contributed by atoms with E-state index in [1.165, 1.54) is 4.90 Å². The van der Waals surface area contributed by atoms with Crippen LogP contribution in [0.1, 0.15) is 25.0 Å². The molecule has 1 atom stereocenters.